The van der Waals surface area contributed by atoms with Gasteiger partial charge in [0.1, 0.15) is 5.75 Å². The summed E-state index contributed by atoms with van der Waals surface area (Å²) in [6.07, 6.45) is 0. The summed E-state index contributed by atoms with van der Waals surface area (Å²) in [6, 6.07) is 9.19. The minimum atomic E-state index is -0.513. The van der Waals surface area contributed by atoms with Crippen LogP contribution >= 0.6 is 15.9 Å². The van der Waals surface area contributed by atoms with Crippen molar-refractivity contribution >= 4 is 21.6 Å². The summed E-state index contributed by atoms with van der Waals surface area (Å²) in [7, 11) is 1.45. The van der Waals surface area contributed by atoms with E-state index in [1.165, 1.54) is 25.3 Å². The van der Waals surface area contributed by atoms with Gasteiger partial charge in [-0.25, -0.2) is 0 Å². The second-order valence-electron chi connectivity index (χ2n) is 4.10. The second-order valence-corrected chi connectivity index (χ2v) is 5.02. The van der Waals surface area contributed by atoms with Crippen LogP contribution in [-0.4, -0.2) is 17.1 Å². The van der Waals surface area contributed by atoms with E-state index in [1.807, 2.05) is 0 Å². The molecule has 0 aromatic heterocycles. The van der Waals surface area contributed by atoms with Gasteiger partial charge in [-0.15, -0.1) is 0 Å². The lowest BCUT2D eigenvalue weighted by molar-refractivity contribution is -0.384. The summed E-state index contributed by atoms with van der Waals surface area (Å²) < 4.78 is 11.6. The van der Waals surface area contributed by atoms with Crippen LogP contribution in [0.5, 0.6) is 17.2 Å². The molecular weight excluding hydrogens is 342 g/mol. The van der Waals surface area contributed by atoms with Crippen LogP contribution in [0.2, 0.25) is 0 Å². The molecule has 0 aliphatic carbocycles. The van der Waals surface area contributed by atoms with E-state index >= 15 is 0 Å². The molecule has 0 saturated heterocycles. The maximum absolute atomic E-state index is 10.8. The normalized spacial score (nSPS) is 10.2. The Hall–Kier alpha value is -2.12. The lowest BCUT2D eigenvalue weighted by Crippen LogP contribution is -1.96. The Labute approximate surface area is 129 Å². The van der Waals surface area contributed by atoms with Crippen LogP contribution in [0.25, 0.3) is 0 Å². The van der Waals surface area contributed by atoms with Crippen LogP contribution in [-0.2, 0) is 6.61 Å². The van der Waals surface area contributed by atoms with Gasteiger partial charge in [0.05, 0.1) is 24.7 Å². The van der Waals surface area contributed by atoms with E-state index in [1.54, 1.807) is 18.2 Å². The van der Waals surface area contributed by atoms with Crippen molar-refractivity contribution in [1.82, 2.24) is 0 Å². The first-order valence-electron chi connectivity index (χ1n) is 5.94. The molecule has 21 heavy (non-hydrogen) atoms. The summed E-state index contributed by atoms with van der Waals surface area (Å²) in [5, 5.41) is 20.2. The Morgan fingerprint density at radius 3 is 2.52 bits per heavy atom. The Morgan fingerprint density at radius 1 is 1.19 bits per heavy atom. The van der Waals surface area contributed by atoms with Crippen LogP contribution in [0.15, 0.2) is 40.9 Å². The number of non-ortho nitro benzene ring substituents is 1. The molecule has 0 fully saturated rings. The lowest BCUT2D eigenvalue weighted by Gasteiger charge is -2.12. The number of nitro groups is 1. The Balaban J connectivity index is 2.42. The highest BCUT2D eigenvalue weighted by Gasteiger charge is 2.14. The van der Waals surface area contributed by atoms with Gasteiger partial charge in [0.25, 0.3) is 5.69 Å². The predicted octanol–water partition coefficient (Wildman–Crippen LogP) is 3.65. The fourth-order valence-corrected chi connectivity index (χ4v) is 2.16. The van der Waals surface area contributed by atoms with Gasteiger partial charge in [-0.05, 0) is 24.3 Å². The van der Waals surface area contributed by atoms with E-state index in [2.05, 4.69) is 15.9 Å². The molecule has 0 spiro atoms. The molecule has 110 valence electrons. The van der Waals surface area contributed by atoms with E-state index in [0.717, 1.165) is 4.47 Å². The minimum absolute atomic E-state index is 0.103. The Bertz CT molecular complexity index is 674. The summed E-state index contributed by atoms with van der Waals surface area (Å²) in [6.45, 7) is -0.216. The first kappa shape index (κ1) is 15.3. The predicted molar refractivity (Wildman–Crippen MR) is 79.8 cm³/mol. The molecular formula is C14H12BrNO5. The van der Waals surface area contributed by atoms with Gasteiger partial charge in [0.2, 0.25) is 0 Å². The summed E-state index contributed by atoms with van der Waals surface area (Å²) in [5.74, 6) is 0.982. The van der Waals surface area contributed by atoms with Crippen molar-refractivity contribution in [3.63, 3.8) is 0 Å². The Kier molecular flexibility index (Phi) is 4.77. The Morgan fingerprint density at radius 2 is 1.90 bits per heavy atom. The number of aliphatic hydroxyl groups excluding tert-OH is 1. The van der Waals surface area contributed by atoms with Gasteiger partial charge in [-0.3, -0.25) is 10.1 Å². The highest BCUT2D eigenvalue weighted by Crippen LogP contribution is 2.36. The van der Waals surface area contributed by atoms with Crippen molar-refractivity contribution in [3.8, 4) is 17.2 Å². The third-order valence-corrected chi connectivity index (χ3v) is 3.26. The highest BCUT2D eigenvalue weighted by atomic mass is 79.9. The molecule has 0 unspecified atom stereocenters. The summed E-state index contributed by atoms with van der Waals surface area (Å²) in [4.78, 5) is 10.3. The number of benzene rings is 2. The van der Waals surface area contributed by atoms with Crippen LogP contribution in [0.4, 0.5) is 5.69 Å². The van der Waals surface area contributed by atoms with Gasteiger partial charge >= 0.3 is 0 Å². The molecule has 0 aliphatic heterocycles. The van der Waals surface area contributed by atoms with E-state index in [9.17, 15) is 15.2 Å². The first-order chi connectivity index (χ1) is 10.0. The van der Waals surface area contributed by atoms with Gasteiger partial charge in [0, 0.05) is 16.1 Å². The molecule has 0 heterocycles. The molecule has 2 rings (SSSR count). The van der Waals surface area contributed by atoms with Crippen LogP contribution in [0.3, 0.4) is 0 Å². The second kappa shape index (κ2) is 6.55. The molecule has 7 heteroatoms. The average molecular weight is 354 g/mol. The number of methoxy groups -OCH3 is 1. The number of halogens is 1. The number of hydrogen-bond acceptors (Lipinski definition) is 5. The van der Waals surface area contributed by atoms with Crippen molar-refractivity contribution in [2.75, 3.05) is 7.11 Å². The highest BCUT2D eigenvalue weighted by molar-refractivity contribution is 9.10. The monoisotopic (exact) mass is 353 g/mol. The number of hydrogen-bond donors (Lipinski definition) is 1. The maximum Gasteiger partial charge on any atom is 0.273 e. The molecule has 2 aromatic carbocycles. The lowest BCUT2D eigenvalue weighted by atomic mass is 10.2. The fourth-order valence-electron chi connectivity index (χ4n) is 1.75. The molecule has 0 amide bonds. The van der Waals surface area contributed by atoms with Crippen molar-refractivity contribution in [1.29, 1.82) is 0 Å². The van der Waals surface area contributed by atoms with Crippen LogP contribution in [0.1, 0.15) is 5.56 Å². The van der Waals surface area contributed by atoms with E-state index in [0.29, 0.717) is 17.1 Å². The zero-order valence-electron chi connectivity index (χ0n) is 11.1. The number of rotatable bonds is 5. The van der Waals surface area contributed by atoms with E-state index in [4.69, 9.17) is 9.47 Å². The maximum atomic E-state index is 10.8. The molecule has 1 N–H and O–H groups in total. The number of nitro benzene ring substituents is 1. The minimum Gasteiger partial charge on any atom is -0.493 e. The SMILES string of the molecule is COc1ccc([N+](=O)[O-])cc1Oc1ccc(Br)cc1CO. The number of aliphatic hydroxyl groups is 1. The molecule has 0 atom stereocenters. The largest absolute Gasteiger partial charge is 0.493 e. The van der Waals surface area contributed by atoms with Gasteiger partial charge in [-0.1, -0.05) is 15.9 Å². The zero-order chi connectivity index (χ0) is 15.4. The smallest absolute Gasteiger partial charge is 0.273 e. The molecule has 0 aliphatic rings. The molecule has 0 radical (unpaired) electrons. The number of ether oxygens (including phenoxy) is 2. The van der Waals surface area contributed by atoms with Crippen molar-refractivity contribution in [2.24, 2.45) is 0 Å². The van der Waals surface area contributed by atoms with E-state index < -0.39 is 4.92 Å². The zero-order valence-corrected chi connectivity index (χ0v) is 12.7. The first-order valence-corrected chi connectivity index (χ1v) is 6.74. The standard InChI is InChI=1S/C14H12BrNO5/c1-20-13-5-3-11(16(18)19)7-14(13)21-12-4-2-10(15)6-9(12)8-17/h2-7,17H,8H2,1H3. The molecule has 0 saturated carbocycles. The molecule has 2 aromatic rings. The summed E-state index contributed by atoms with van der Waals surface area (Å²) >= 11 is 3.30. The average Bonchev–Trinajstić information content (AvgIpc) is 2.48. The summed E-state index contributed by atoms with van der Waals surface area (Å²) in [5.41, 5.74) is 0.450. The van der Waals surface area contributed by atoms with Crippen molar-refractivity contribution in [2.45, 2.75) is 6.61 Å². The van der Waals surface area contributed by atoms with Crippen LogP contribution in [0, 0.1) is 10.1 Å². The molecule has 0 bridgehead atoms. The van der Waals surface area contributed by atoms with Crippen LogP contribution < -0.4 is 9.47 Å². The quantitative estimate of drug-likeness (QED) is 0.655. The fraction of sp³-hybridized carbons (Fsp3) is 0.143. The van der Waals surface area contributed by atoms with Crippen molar-refractivity contribution < 1.29 is 19.5 Å². The number of nitrogens with zero attached hydrogens (tertiary/aromatic N) is 1. The van der Waals surface area contributed by atoms with Gasteiger partial charge < -0.3 is 14.6 Å². The van der Waals surface area contributed by atoms with E-state index in [-0.39, 0.29) is 18.0 Å². The molecule has 6 nitrogen and oxygen atoms in total. The third kappa shape index (κ3) is 3.50. The third-order valence-electron chi connectivity index (χ3n) is 2.77. The van der Waals surface area contributed by atoms with Crippen molar-refractivity contribution in [3.05, 3.63) is 56.5 Å². The topological polar surface area (TPSA) is 81.8 Å². The van der Waals surface area contributed by atoms with Gasteiger partial charge in [0.15, 0.2) is 11.5 Å². The van der Waals surface area contributed by atoms with Gasteiger partial charge in [-0.2, -0.15) is 0 Å².